The monoisotopic (exact) mass is 476 g/mol. The molecule has 0 aliphatic rings. The van der Waals surface area contributed by atoms with Crippen LogP contribution in [0.5, 0.6) is 0 Å². The van der Waals surface area contributed by atoms with Crippen molar-refractivity contribution in [2.24, 2.45) is 5.10 Å². The van der Waals surface area contributed by atoms with Crippen molar-refractivity contribution in [2.45, 2.75) is 13.8 Å². The van der Waals surface area contributed by atoms with Crippen molar-refractivity contribution in [2.75, 3.05) is 17.1 Å². The number of aromatic nitrogens is 1. The zero-order chi connectivity index (χ0) is 23.5. The summed E-state index contributed by atoms with van der Waals surface area (Å²) in [5, 5.41) is 4.54. The Bertz CT molecular complexity index is 1290. The summed E-state index contributed by atoms with van der Waals surface area (Å²) in [4.78, 5) is 12.3. The quantitative estimate of drug-likeness (QED) is 0.416. The Morgan fingerprint density at radius 2 is 1.84 bits per heavy atom. The summed E-state index contributed by atoms with van der Waals surface area (Å²) in [6.45, 7) is 3.20. The Hall–Kier alpha value is -3.17. The van der Waals surface area contributed by atoms with E-state index in [1.54, 1.807) is 6.07 Å². The SMILES string of the molecule is Cc1cc(/C=N\NC(=O)CN(c2ccccc2F)S(C)(=O)=O)c(C)n1-c1ccccc1Cl. The van der Waals surface area contributed by atoms with E-state index in [9.17, 15) is 17.6 Å². The highest BCUT2D eigenvalue weighted by Gasteiger charge is 2.23. The highest BCUT2D eigenvalue weighted by atomic mass is 35.5. The molecular formula is C22H22ClFN4O3S. The number of amides is 1. The molecule has 0 atom stereocenters. The third-order valence-electron chi connectivity index (χ3n) is 4.77. The molecule has 0 bridgehead atoms. The van der Waals surface area contributed by atoms with E-state index in [0.29, 0.717) is 9.33 Å². The van der Waals surface area contributed by atoms with Crippen LogP contribution in [0.25, 0.3) is 5.69 Å². The van der Waals surface area contributed by atoms with Crippen molar-refractivity contribution >= 4 is 39.4 Å². The molecule has 32 heavy (non-hydrogen) atoms. The molecule has 0 saturated carbocycles. The number of nitrogens with one attached hydrogen (secondary N) is 1. The number of carbonyl (C=O) groups is 1. The minimum absolute atomic E-state index is 0.211. The molecule has 7 nitrogen and oxygen atoms in total. The fourth-order valence-corrected chi connectivity index (χ4v) is 4.37. The number of carbonyl (C=O) groups excluding carboxylic acids is 1. The van der Waals surface area contributed by atoms with Gasteiger partial charge in [-0.1, -0.05) is 35.9 Å². The van der Waals surface area contributed by atoms with E-state index in [2.05, 4.69) is 10.5 Å². The number of aryl methyl sites for hydroxylation is 1. The number of hydrogen-bond donors (Lipinski definition) is 1. The third kappa shape index (κ3) is 5.17. The Kier molecular flexibility index (Phi) is 7.00. The second-order valence-electron chi connectivity index (χ2n) is 7.13. The maximum atomic E-state index is 14.1. The number of halogens is 2. The normalized spacial score (nSPS) is 11.7. The number of benzene rings is 2. The first-order valence-corrected chi connectivity index (χ1v) is 11.8. The van der Waals surface area contributed by atoms with Crippen LogP contribution in [0.3, 0.4) is 0 Å². The van der Waals surface area contributed by atoms with Crippen LogP contribution in [0.4, 0.5) is 10.1 Å². The summed E-state index contributed by atoms with van der Waals surface area (Å²) in [6.07, 6.45) is 2.36. The number of rotatable bonds is 7. The number of para-hydroxylation sites is 2. The fourth-order valence-electron chi connectivity index (χ4n) is 3.30. The maximum Gasteiger partial charge on any atom is 0.260 e. The predicted octanol–water partition coefficient (Wildman–Crippen LogP) is 3.80. The van der Waals surface area contributed by atoms with Gasteiger partial charge >= 0.3 is 0 Å². The summed E-state index contributed by atoms with van der Waals surface area (Å²) in [5.41, 5.74) is 5.44. The lowest BCUT2D eigenvalue weighted by Gasteiger charge is -2.21. The van der Waals surface area contributed by atoms with Crippen molar-refractivity contribution in [1.82, 2.24) is 9.99 Å². The Labute approximate surface area is 191 Å². The molecule has 3 aromatic rings. The molecule has 0 spiro atoms. The van der Waals surface area contributed by atoms with Crippen molar-refractivity contribution in [3.05, 3.63) is 82.4 Å². The van der Waals surface area contributed by atoms with Gasteiger partial charge in [-0.15, -0.1) is 0 Å². The summed E-state index contributed by atoms with van der Waals surface area (Å²) >= 11 is 6.31. The zero-order valence-corrected chi connectivity index (χ0v) is 19.3. The molecule has 3 rings (SSSR count). The topological polar surface area (TPSA) is 83.8 Å². The smallest absolute Gasteiger partial charge is 0.260 e. The Morgan fingerprint density at radius 3 is 2.50 bits per heavy atom. The van der Waals surface area contributed by atoms with Gasteiger partial charge in [-0.3, -0.25) is 9.10 Å². The van der Waals surface area contributed by atoms with Crippen LogP contribution in [-0.4, -0.2) is 37.9 Å². The van der Waals surface area contributed by atoms with Gasteiger partial charge in [0.1, 0.15) is 12.4 Å². The van der Waals surface area contributed by atoms with Crippen molar-refractivity contribution in [1.29, 1.82) is 0 Å². The number of hydrogen-bond acceptors (Lipinski definition) is 4. The molecule has 0 radical (unpaired) electrons. The average Bonchev–Trinajstić information content (AvgIpc) is 3.00. The number of anilines is 1. The molecule has 0 fully saturated rings. The standard InChI is InChI=1S/C22H22ClFN4O3S/c1-15-12-17(16(2)28(15)20-10-6-4-8-18(20)23)13-25-26-22(29)14-27(32(3,30)31)21-11-7-5-9-19(21)24/h4-13H,14H2,1-3H3,(H,26,29)/b25-13-. The van der Waals surface area contributed by atoms with Gasteiger partial charge in [-0.25, -0.2) is 18.2 Å². The van der Waals surface area contributed by atoms with E-state index in [1.807, 2.05) is 42.7 Å². The first-order valence-electron chi connectivity index (χ1n) is 9.57. The zero-order valence-electron chi connectivity index (χ0n) is 17.7. The van der Waals surface area contributed by atoms with Gasteiger partial charge in [-0.2, -0.15) is 5.10 Å². The van der Waals surface area contributed by atoms with Gasteiger partial charge in [0.2, 0.25) is 10.0 Å². The minimum atomic E-state index is -3.89. The predicted molar refractivity (Wildman–Crippen MR) is 125 cm³/mol. The molecule has 168 valence electrons. The Balaban J connectivity index is 1.76. The maximum absolute atomic E-state index is 14.1. The highest BCUT2D eigenvalue weighted by molar-refractivity contribution is 7.92. The van der Waals surface area contributed by atoms with Gasteiger partial charge in [0.05, 0.1) is 28.9 Å². The number of hydrazone groups is 1. The summed E-state index contributed by atoms with van der Waals surface area (Å²) < 4.78 is 40.9. The average molecular weight is 477 g/mol. The van der Waals surface area contributed by atoms with Crippen LogP contribution in [-0.2, 0) is 14.8 Å². The van der Waals surface area contributed by atoms with Crippen molar-refractivity contribution in [3.8, 4) is 5.69 Å². The molecule has 1 aromatic heterocycles. The molecule has 0 aliphatic heterocycles. The van der Waals surface area contributed by atoms with Crippen molar-refractivity contribution < 1.29 is 17.6 Å². The van der Waals surface area contributed by atoms with E-state index in [4.69, 9.17) is 11.6 Å². The fraction of sp³-hybridized carbons (Fsp3) is 0.182. The Morgan fingerprint density at radius 1 is 1.19 bits per heavy atom. The number of sulfonamides is 1. The summed E-state index contributed by atoms with van der Waals surface area (Å²) in [5.74, 6) is -1.46. The molecule has 0 unspecified atom stereocenters. The molecule has 2 aromatic carbocycles. The van der Waals surface area contributed by atoms with Gasteiger partial charge < -0.3 is 4.57 Å². The van der Waals surface area contributed by atoms with Crippen LogP contribution in [0, 0.1) is 19.7 Å². The van der Waals surface area contributed by atoms with Crippen molar-refractivity contribution in [3.63, 3.8) is 0 Å². The van der Waals surface area contributed by atoms with E-state index >= 15 is 0 Å². The first kappa shape index (κ1) is 23.5. The molecule has 0 saturated heterocycles. The molecule has 1 N–H and O–H groups in total. The molecule has 1 heterocycles. The summed E-state index contributed by atoms with van der Waals surface area (Å²) in [7, 11) is -3.89. The van der Waals surface area contributed by atoms with E-state index in [1.165, 1.54) is 24.4 Å². The lowest BCUT2D eigenvalue weighted by atomic mass is 10.2. The second kappa shape index (κ2) is 9.54. The van der Waals surface area contributed by atoms with Crippen LogP contribution < -0.4 is 9.73 Å². The van der Waals surface area contributed by atoms with E-state index in [0.717, 1.165) is 35.0 Å². The molecule has 0 aliphatic carbocycles. The van der Waals surface area contributed by atoms with Crippen LogP contribution in [0.1, 0.15) is 17.0 Å². The molecule has 10 heteroatoms. The van der Waals surface area contributed by atoms with Gasteiger partial charge in [-0.05, 0) is 44.2 Å². The third-order valence-corrected chi connectivity index (χ3v) is 6.21. The summed E-state index contributed by atoms with van der Waals surface area (Å²) in [6, 6.07) is 14.6. The highest BCUT2D eigenvalue weighted by Crippen LogP contribution is 2.25. The van der Waals surface area contributed by atoms with Gasteiger partial charge in [0, 0.05) is 17.0 Å². The number of nitrogens with zero attached hydrogens (tertiary/aromatic N) is 3. The largest absolute Gasteiger partial charge is 0.316 e. The van der Waals surface area contributed by atoms with Gasteiger partial charge in [0.25, 0.3) is 5.91 Å². The van der Waals surface area contributed by atoms with Gasteiger partial charge in [0.15, 0.2) is 0 Å². The van der Waals surface area contributed by atoms with Crippen LogP contribution in [0.15, 0.2) is 59.7 Å². The lowest BCUT2D eigenvalue weighted by molar-refractivity contribution is -0.119. The van der Waals surface area contributed by atoms with E-state index < -0.39 is 28.3 Å². The van der Waals surface area contributed by atoms with Crippen LogP contribution >= 0.6 is 11.6 Å². The van der Waals surface area contributed by atoms with Crippen LogP contribution in [0.2, 0.25) is 5.02 Å². The second-order valence-corrected chi connectivity index (χ2v) is 9.44. The molecule has 1 amide bonds. The first-order chi connectivity index (χ1) is 15.1. The lowest BCUT2D eigenvalue weighted by Crippen LogP contribution is -2.39. The minimum Gasteiger partial charge on any atom is -0.316 e. The van der Waals surface area contributed by atoms with E-state index in [-0.39, 0.29) is 5.69 Å². The molecular weight excluding hydrogens is 455 g/mol.